The number of sulfonamides is 1. The quantitative estimate of drug-likeness (QED) is 0.702. The molecule has 0 amide bonds. The molecule has 2 rings (SSSR count). The first kappa shape index (κ1) is 16.1. The van der Waals surface area contributed by atoms with E-state index in [1.807, 2.05) is 0 Å². The smallest absolute Gasteiger partial charge is 0.215 e. The Hall–Kier alpha value is -1.31. The summed E-state index contributed by atoms with van der Waals surface area (Å²) in [7, 11) is -1.74. The average Bonchev–Trinajstić information content (AvgIpc) is 2.40. The van der Waals surface area contributed by atoms with Crippen molar-refractivity contribution in [3.05, 3.63) is 24.3 Å². The van der Waals surface area contributed by atoms with E-state index in [0.29, 0.717) is 18.0 Å². The molecule has 3 N–H and O–H groups in total. The summed E-state index contributed by atoms with van der Waals surface area (Å²) in [6.45, 7) is 0.424. The minimum Gasteiger partial charge on any atom is -0.492 e. The van der Waals surface area contributed by atoms with Crippen LogP contribution < -0.4 is 15.2 Å². The maximum atomic E-state index is 11.9. The van der Waals surface area contributed by atoms with Gasteiger partial charge in [-0.25, -0.2) is 13.1 Å². The molecule has 0 unspecified atom stereocenters. The lowest BCUT2D eigenvalue weighted by Gasteiger charge is -2.40. The van der Waals surface area contributed by atoms with Crippen LogP contribution in [0, 0.1) is 0 Å². The zero-order valence-corrected chi connectivity index (χ0v) is 13.0. The fourth-order valence-corrected chi connectivity index (χ4v) is 3.10. The van der Waals surface area contributed by atoms with Gasteiger partial charge in [-0.15, -0.1) is 0 Å². The highest BCUT2D eigenvalue weighted by molar-refractivity contribution is 7.89. The predicted molar refractivity (Wildman–Crippen MR) is 81.7 cm³/mol. The molecule has 0 heterocycles. The van der Waals surface area contributed by atoms with Crippen LogP contribution in [0.2, 0.25) is 0 Å². The predicted octanol–water partition coefficient (Wildman–Crippen LogP) is 1.14. The molecule has 1 aliphatic carbocycles. The molecule has 7 heteroatoms. The van der Waals surface area contributed by atoms with Crippen molar-refractivity contribution in [3.8, 4) is 5.75 Å². The summed E-state index contributed by atoms with van der Waals surface area (Å²) < 4.78 is 37.2. The number of nitrogen functional groups attached to an aromatic ring is 1. The van der Waals surface area contributed by atoms with Crippen LogP contribution in [0.25, 0.3) is 0 Å². The monoisotopic (exact) mass is 314 g/mol. The van der Waals surface area contributed by atoms with Crippen LogP contribution in [0.5, 0.6) is 5.75 Å². The highest BCUT2D eigenvalue weighted by Crippen LogP contribution is 2.34. The maximum Gasteiger partial charge on any atom is 0.215 e. The van der Waals surface area contributed by atoms with E-state index in [0.717, 1.165) is 19.3 Å². The Balaban J connectivity index is 1.74. The fraction of sp³-hybridized carbons (Fsp3) is 0.571. The Morgan fingerprint density at radius 3 is 2.48 bits per heavy atom. The summed E-state index contributed by atoms with van der Waals surface area (Å²) in [5.41, 5.74) is 5.89. The van der Waals surface area contributed by atoms with Gasteiger partial charge >= 0.3 is 0 Å². The summed E-state index contributed by atoms with van der Waals surface area (Å²) in [6, 6.07) is 6.84. The number of nitrogens with two attached hydrogens (primary N) is 1. The Kier molecular flexibility index (Phi) is 5.08. The molecule has 1 aromatic carbocycles. The minimum absolute atomic E-state index is 0.0861. The Morgan fingerprint density at radius 1 is 1.29 bits per heavy atom. The molecule has 0 radical (unpaired) electrons. The van der Waals surface area contributed by atoms with E-state index in [4.69, 9.17) is 15.2 Å². The molecule has 0 aromatic heterocycles. The molecule has 0 bridgehead atoms. The molecule has 118 valence electrons. The van der Waals surface area contributed by atoms with Crippen molar-refractivity contribution in [2.45, 2.75) is 24.9 Å². The van der Waals surface area contributed by atoms with E-state index in [1.165, 1.54) is 0 Å². The Labute approximate surface area is 125 Å². The second-order valence-corrected chi connectivity index (χ2v) is 7.22. The molecular weight excluding hydrogens is 292 g/mol. The Morgan fingerprint density at radius 2 is 1.95 bits per heavy atom. The molecule has 1 fully saturated rings. The van der Waals surface area contributed by atoms with Gasteiger partial charge in [0.25, 0.3) is 0 Å². The normalized spacial score (nSPS) is 17.2. The van der Waals surface area contributed by atoms with E-state index in [1.54, 1.807) is 31.4 Å². The van der Waals surface area contributed by atoms with Gasteiger partial charge < -0.3 is 15.2 Å². The molecule has 21 heavy (non-hydrogen) atoms. The van der Waals surface area contributed by atoms with Gasteiger partial charge in [0.2, 0.25) is 10.0 Å². The molecule has 6 nitrogen and oxygen atoms in total. The second-order valence-electron chi connectivity index (χ2n) is 5.30. The molecule has 0 atom stereocenters. The van der Waals surface area contributed by atoms with Crippen molar-refractivity contribution in [3.63, 3.8) is 0 Å². The van der Waals surface area contributed by atoms with Crippen LogP contribution in [0.3, 0.4) is 0 Å². The SMILES string of the molecule is COC1(CNS(=O)(=O)CCOc2ccc(N)cc2)CCC1. The summed E-state index contributed by atoms with van der Waals surface area (Å²) in [6.07, 6.45) is 2.87. The zero-order valence-electron chi connectivity index (χ0n) is 12.2. The van der Waals surface area contributed by atoms with Crippen molar-refractivity contribution in [2.24, 2.45) is 0 Å². The number of hydrogen-bond acceptors (Lipinski definition) is 5. The maximum absolute atomic E-state index is 11.9. The van der Waals surface area contributed by atoms with Crippen molar-refractivity contribution in [1.29, 1.82) is 0 Å². The zero-order chi connectivity index (χ0) is 15.3. The van der Waals surface area contributed by atoms with Crippen molar-refractivity contribution < 1.29 is 17.9 Å². The van der Waals surface area contributed by atoms with Crippen LogP contribution in [0.4, 0.5) is 5.69 Å². The van der Waals surface area contributed by atoms with Gasteiger partial charge in [-0.3, -0.25) is 0 Å². The van der Waals surface area contributed by atoms with Gasteiger partial charge in [0.15, 0.2) is 0 Å². The topological polar surface area (TPSA) is 90.6 Å². The van der Waals surface area contributed by atoms with Gasteiger partial charge in [-0.2, -0.15) is 0 Å². The first-order valence-corrected chi connectivity index (χ1v) is 8.61. The number of anilines is 1. The van der Waals surface area contributed by atoms with Crippen LogP contribution in [-0.2, 0) is 14.8 Å². The van der Waals surface area contributed by atoms with Crippen molar-refractivity contribution >= 4 is 15.7 Å². The largest absolute Gasteiger partial charge is 0.492 e. The standard InChI is InChI=1S/C14H22N2O4S/c1-19-14(7-2-8-14)11-16-21(17,18)10-9-20-13-5-3-12(15)4-6-13/h3-6,16H,2,7-11,15H2,1H3. The first-order valence-electron chi connectivity index (χ1n) is 6.96. The molecule has 0 aliphatic heterocycles. The molecule has 0 saturated heterocycles. The number of benzene rings is 1. The van der Waals surface area contributed by atoms with E-state index >= 15 is 0 Å². The average molecular weight is 314 g/mol. The van der Waals surface area contributed by atoms with E-state index < -0.39 is 10.0 Å². The van der Waals surface area contributed by atoms with Gasteiger partial charge in [0.1, 0.15) is 12.4 Å². The lowest BCUT2D eigenvalue weighted by Crippen LogP contribution is -2.49. The lowest BCUT2D eigenvalue weighted by atomic mass is 9.80. The van der Waals surface area contributed by atoms with Gasteiger partial charge in [0.05, 0.1) is 11.4 Å². The fourth-order valence-electron chi connectivity index (χ4n) is 2.17. The Bertz CT molecular complexity index is 547. The van der Waals surface area contributed by atoms with Crippen LogP contribution in [0.1, 0.15) is 19.3 Å². The number of ether oxygens (including phenoxy) is 2. The number of nitrogens with one attached hydrogen (secondary N) is 1. The van der Waals surface area contributed by atoms with E-state index in [-0.39, 0.29) is 18.0 Å². The van der Waals surface area contributed by atoms with Crippen molar-refractivity contribution in [1.82, 2.24) is 4.72 Å². The molecule has 1 saturated carbocycles. The van der Waals surface area contributed by atoms with Gasteiger partial charge in [-0.1, -0.05) is 0 Å². The summed E-state index contributed by atoms with van der Waals surface area (Å²) >= 11 is 0. The highest BCUT2D eigenvalue weighted by atomic mass is 32.2. The first-order chi connectivity index (χ1) is 9.95. The lowest BCUT2D eigenvalue weighted by molar-refractivity contribution is -0.0659. The summed E-state index contributed by atoms with van der Waals surface area (Å²) in [4.78, 5) is 0. The van der Waals surface area contributed by atoms with Crippen molar-refractivity contribution in [2.75, 3.05) is 31.7 Å². The molecule has 1 aromatic rings. The third-order valence-corrected chi connectivity index (χ3v) is 5.10. The molecule has 0 spiro atoms. The molecule has 1 aliphatic rings. The second kappa shape index (κ2) is 6.64. The number of rotatable bonds is 8. The van der Waals surface area contributed by atoms with Gasteiger partial charge in [0, 0.05) is 19.3 Å². The van der Waals surface area contributed by atoms with Crippen LogP contribution >= 0.6 is 0 Å². The highest BCUT2D eigenvalue weighted by Gasteiger charge is 2.37. The van der Waals surface area contributed by atoms with Gasteiger partial charge in [-0.05, 0) is 43.5 Å². The van der Waals surface area contributed by atoms with Crippen LogP contribution in [0.15, 0.2) is 24.3 Å². The van der Waals surface area contributed by atoms with Crippen LogP contribution in [-0.4, -0.2) is 40.0 Å². The molecular formula is C14H22N2O4S. The summed E-state index contributed by atoms with van der Waals surface area (Å²) in [5, 5.41) is 0. The minimum atomic E-state index is -3.36. The number of methoxy groups -OCH3 is 1. The number of hydrogen-bond donors (Lipinski definition) is 2. The van der Waals surface area contributed by atoms with E-state index in [9.17, 15) is 8.42 Å². The third kappa shape index (κ3) is 4.59. The summed E-state index contributed by atoms with van der Waals surface area (Å²) in [5.74, 6) is 0.517. The third-order valence-electron chi connectivity index (χ3n) is 3.81. The van der Waals surface area contributed by atoms with E-state index in [2.05, 4.69) is 4.72 Å².